The predicted octanol–water partition coefficient (Wildman–Crippen LogP) is 0.0823. The van der Waals surface area contributed by atoms with E-state index in [0.29, 0.717) is 4.90 Å². The normalized spacial score (nSPS) is 24.7. The van der Waals surface area contributed by atoms with Gasteiger partial charge in [-0.25, -0.2) is 9.59 Å². The third-order valence-corrected chi connectivity index (χ3v) is 3.49. The summed E-state index contributed by atoms with van der Waals surface area (Å²) in [6, 6.07) is 7.57. The van der Waals surface area contributed by atoms with E-state index in [4.69, 9.17) is 0 Å². The number of aliphatic carboxylic acids is 2. The van der Waals surface area contributed by atoms with Gasteiger partial charge in [0, 0.05) is 5.69 Å². The Morgan fingerprint density at radius 2 is 1.65 bits per heavy atom. The van der Waals surface area contributed by atoms with E-state index in [9.17, 15) is 29.7 Å². The smallest absolute Gasteiger partial charge is 0.344 e. The van der Waals surface area contributed by atoms with Crippen molar-refractivity contribution in [2.24, 2.45) is 0 Å². The van der Waals surface area contributed by atoms with E-state index >= 15 is 0 Å². The highest BCUT2D eigenvalue weighted by Crippen LogP contribution is 2.42. The molecule has 1 heterocycles. The van der Waals surface area contributed by atoms with E-state index in [2.05, 4.69) is 0 Å². The Morgan fingerprint density at radius 3 is 2.10 bits per heavy atom. The molecule has 0 spiro atoms. The van der Waals surface area contributed by atoms with Crippen molar-refractivity contribution in [2.45, 2.75) is 24.5 Å². The van der Waals surface area contributed by atoms with Gasteiger partial charge in [-0.15, -0.1) is 0 Å². The maximum absolute atomic E-state index is 12.1. The molecule has 1 aromatic rings. The Morgan fingerprint density at radius 1 is 1.15 bits per heavy atom. The molecule has 0 aliphatic carbocycles. The third kappa shape index (κ3) is 1.60. The van der Waals surface area contributed by atoms with E-state index < -0.39 is 35.4 Å². The molecule has 0 radical (unpaired) electrons. The number of amides is 1. The van der Waals surface area contributed by atoms with Gasteiger partial charge < -0.3 is 15.3 Å². The molecule has 1 atom stereocenters. The van der Waals surface area contributed by atoms with Crippen molar-refractivity contribution >= 4 is 23.5 Å². The molecule has 106 valence electrons. The minimum atomic E-state index is -2.74. The summed E-state index contributed by atoms with van der Waals surface area (Å²) in [5, 5.41) is 29.0. The molecule has 1 aliphatic heterocycles. The van der Waals surface area contributed by atoms with E-state index in [1.54, 1.807) is 18.2 Å². The molecule has 1 aliphatic rings. The number of aliphatic hydroxyl groups is 1. The second-order valence-electron chi connectivity index (χ2n) is 4.84. The van der Waals surface area contributed by atoms with E-state index in [0.717, 1.165) is 6.92 Å². The molecule has 0 bridgehead atoms. The van der Waals surface area contributed by atoms with Crippen molar-refractivity contribution in [2.75, 3.05) is 4.90 Å². The molecule has 0 saturated carbocycles. The van der Waals surface area contributed by atoms with Gasteiger partial charge in [-0.2, -0.15) is 0 Å². The van der Waals surface area contributed by atoms with Crippen molar-refractivity contribution < 1.29 is 29.7 Å². The van der Waals surface area contributed by atoms with Crippen molar-refractivity contribution in [1.29, 1.82) is 0 Å². The van der Waals surface area contributed by atoms with Crippen LogP contribution in [0.2, 0.25) is 0 Å². The topological polar surface area (TPSA) is 115 Å². The summed E-state index contributed by atoms with van der Waals surface area (Å²) in [6.07, 6.45) is -0.583. The Balaban J connectivity index is 2.73. The number of carboxylic acid groups (broad SMARTS) is 2. The van der Waals surface area contributed by atoms with Gasteiger partial charge in [0.05, 0.1) is 6.42 Å². The van der Waals surface area contributed by atoms with Crippen molar-refractivity contribution in [3.63, 3.8) is 0 Å². The molecular weight excluding hydrogens is 266 g/mol. The number of hydrogen-bond acceptors (Lipinski definition) is 4. The number of anilines is 1. The van der Waals surface area contributed by atoms with Crippen LogP contribution in [0.3, 0.4) is 0 Å². The first-order chi connectivity index (χ1) is 9.25. The SMILES string of the molecule is CC1(O)CC(=O)N(c2ccccc2)C1(C(=O)O)C(=O)O. The standard InChI is InChI=1S/C13H13NO6/c1-12(20)7-9(15)14(8-5-3-2-4-6-8)13(12,10(16)17)11(18)19/h2-6,20H,7H2,1H3,(H,16,17)(H,18,19). The number of hydrogen-bond donors (Lipinski definition) is 3. The Bertz CT molecular complexity index is 566. The van der Waals surface area contributed by atoms with Crippen LogP contribution in [0.1, 0.15) is 13.3 Å². The summed E-state index contributed by atoms with van der Waals surface area (Å²) < 4.78 is 0. The second kappa shape index (κ2) is 4.31. The number of benzene rings is 1. The first-order valence-corrected chi connectivity index (χ1v) is 5.82. The van der Waals surface area contributed by atoms with Gasteiger partial charge in [-0.05, 0) is 19.1 Å². The highest BCUT2D eigenvalue weighted by atomic mass is 16.4. The lowest BCUT2D eigenvalue weighted by Crippen LogP contribution is -2.68. The van der Waals surface area contributed by atoms with Crippen LogP contribution in [-0.4, -0.2) is 44.3 Å². The van der Waals surface area contributed by atoms with Crippen LogP contribution in [0.15, 0.2) is 30.3 Å². The highest BCUT2D eigenvalue weighted by molar-refractivity contribution is 6.19. The Hall–Kier alpha value is -2.41. The molecule has 7 nitrogen and oxygen atoms in total. The number of carbonyl (C=O) groups is 3. The molecule has 1 aromatic carbocycles. The van der Waals surface area contributed by atoms with E-state index in [-0.39, 0.29) is 5.69 Å². The number of rotatable bonds is 3. The summed E-state index contributed by atoms with van der Waals surface area (Å²) in [7, 11) is 0. The zero-order valence-corrected chi connectivity index (χ0v) is 10.6. The summed E-state index contributed by atoms with van der Waals surface area (Å²) in [4.78, 5) is 35.8. The lowest BCUT2D eigenvalue weighted by atomic mass is 9.81. The summed E-state index contributed by atoms with van der Waals surface area (Å²) in [5.41, 5.74) is -4.86. The summed E-state index contributed by atoms with van der Waals surface area (Å²) in [5.74, 6) is -4.33. The first kappa shape index (κ1) is 14.0. The molecule has 1 fully saturated rings. The summed E-state index contributed by atoms with van der Waals surface area (Å²) in [6.45, 7) is 1.04. The number of carboxylic acids is 2. The molecular formula is C13H13NO6. The zero-order chi connectivity index (χ0) is 15.1. The lowest BCUT2D eigenvalue weighted by molar-refractivity contribution is -0.167. The summed E-state index contributed by atoms with van der Waals surface area (Å²) >= 11 is 0. The quantitative estimate of drug-likeness (QED) is 0.675. The second-order valence-corrected chi connectivity index (χ2v) is 4.84. The van der Waals surface area contributed by atoms with Gasteiger partial charge in [0.15, 0.2) is 0 Å². The van der Waals surface area contributed by atoms with Crippen molar-refractivity contribution in [3.8, 4) is 0 Å². The molecule has 3 N–H and O–H groups in total. The number of carbonyl (C=O) groups excluding carboxylic acids is 1. The Kier molecular flexibility index (Phi) is 3.02. The fourth-order valence-electron chi connectivity index (χ4n) is 2.59. The van der Waals surface area contributed by atoms with Gasteiger partial charge in [-0.1, -0.05) is 18.2 Å². The Labute approximate surface area is 114 Å². The van der Waals surface area contributed by atoms with Gasteiger partial charge in [-0.3, -0.25) is 9.69 Å². The van der Waals surface area contributed by atoms with Gasteiger partial charge in [0.25, 0.3) is 5.54 Å². The predicted molar refractivity (Wildman–Crippen MR) is 67.2 cm³/mol. The molecule has 1 amide bonds. The highest BCUT2D eigenvalue weighted by Gasteiger charge is 2.71. The molecule has 7 heteroatoms. The molecule has 0 aromatic heterocycles. The minimum Gasteiger partial charge on any atom is -0.479 e. The van der Waals surface area contributed by atoms with Crippen LogP contribution in [-0.2, 0) is 14.4 Å². The fraction of sp³-hybridized carbons (Fsp3) is 0.308. The molecule has 2 rings (SSSR count). The molecule has 1 saturated heterocycles. The monoisotopic (exact) mass is 279 g/mol. The van der Waals surface area contributed by atoms with Crippen LogP contribution in [0, 0.1) is 0 Å². The van der Waals surface area contributed by atoms with Gasteiger partial charge >= 0.3 is 11.9 Å². The van der Waals surface area contributed by atoms with Crippen LogP contribution < -0.4 is 4.90 Å². The average molecular weight is 279 g/mol. The maximum atomic E-state index is 12.1. The van der Waals surface area contributed by atoms with E-state index in [1.807, 2.05) is 0 Å². The van der Waals surface area contributed by atoms with Crippen LogP contribution in [0.5, 0.6) is 0 Å². The van der Waals surface area contributed by atoms with Gasteiger partial charge in [0.1, 0.15) is 5.60 Å². The van der Waals surface area contributed by atoms with E-state index in [1.165, 1.54) is 12.1 Å². The van der Waals surface area contributed by atoms with Crippen LogP contribution >= 0.6 is 0 Å². The largest absolute Gasteiger partial charge is 0.479 e. The molecule has 1 unspecified atom stereocenters. The first-order valence-electron chi connectivity index (χ1n) is 5.82. The number of para-hydroxylation sites is 1. The lowest BCUT2D eigenvalue weighted by Gasteiger charge is -2.37. The zero-order valence-electron chi connectivity index (χ0n) is 10.6. The van der Waals surface area contributed by atoms with Crippen molar-refractivity contribution in [3.05, 3.63) is 30.3 Å². The number of nitrogens with zero attached hydrogens (tertiary/aromatic N) is 1. The third-order valence-electron chi connectivity index (χ3n) is 3.49. The van der Waals surface area contributed by atoms with Crippen LogP contribution in [0.25, 0.3) is 0 Å². The van der Waals surface area contributed by atoms with Crippen LogP contribution in [0.4, 0.5) is 5.69 Å². The van der Waals surface area contributed by atoms with Gasteiger partial charge in [0.2, 0.25) is 5.91 Å². The maximum Gasteiger partial charge on any atom is 0.344 e. The van der Waals surface area contributed by atoms with Crippen molar-refractivity contribution in [1.82, 2.24) is 0 Å². The fourth-order valence-corrected chi connectivity index (χ4v) is 2.59. The average Bonchev–Trinajstić information content (AvgIpc) is 2.56. The molecule has 20 heavy (non-hydrogen) atoms. The minimum absolute atomic E-state index is 0.111.